The first-order valence-electron chi connectivity index (χ1n) is 12.6. The van der Waals surface area contributed by atoms with E-state index in [4.69, 9.17) is 16.0 Å². The largest absolute Gasteiger partial charge is 0.383 e. The van der Waals surface area contributed by atoms with Crippen LogP contribution >= 0.6 is 0 Å². The zero-order chi connectivity index (χ0) is 26.8. The zero-order valence-corrected chi connectivity index (χ0v) is 21.1. The van der Waals surface area contributed by atoms with Gasteiger partial charge in [-0.15, -0.1) is 0 Å². The Labute approximate surface area is 224 Å². The van der Waals surface area contributed by atoms with Crippen molar-refractivity contribution in [3.8, 4) is 23.1 Å². The number of nitrogens with two attached hydrogens (primary N) is 1. The van der Waals surface area contributed by atoms with Gasteiger partial charge in [-0.2, -0.15) is 5.26 Å². The van der Waals surface area contributed by atoms with Gasteiger partial charge in [0, 0.05) is 56.8 Å². The average molecular weight is 519 g/mol. The molecule has 1 fully saturated rings. The Kier molecular flexibility index (Phi) is 6.32. The molecule has 1 aliphatic rings. The van der Waals surface area contributed by atoms with Crippen molar-refractivity contribution in [2.24, 2.45) is 0 Å². The SMILES string of the molecule is N#Cc1nccc(NC2(O)CCN(Cc3ccc(-n4c(-c5cccnc5N)nc5cccnc54)cc3)CC2)n1. The van der Waals surface area contributed by atoms with Crippen molar-refractivity contribution in [3.05, 3.63) is 84.6 Å². The van der Waals surface area contributed by atoms with Gasteiger partial charge in [-0.3, -0.25) is 9.47 Å². The molecule has 1 saturated heterocycles. The van der Waals surface area contributed by atoms with Crippen LogP contribution in [0.1, 0.15) is 24.2 Å². The highest BCUT2D eigenvalue weighted by Crippen LogP contribution is 2.30. The molecule has 39 heavy (non-hydrogen) atoms. The summed E-state index contributed by atoms with van der Waals surface area (Å²) in [6.45, 7) is 2.18. The van der Waals surface area contributed by atoms with Gasteiger partial charge in [0.25, 0.3) is 0 Å². The van der Waals surface area contributed by atoms with E-state index in [9.17, 15) is 5.11 Å². The highest BCUT2D eigenvalue weighted by Gasteiger charge is 2.32. The van der Waals surface area contributed by atoms with E-state index in [1.807, 2.05) is 34.9 Å². The number of aromatic nitrogens is 6. The average Bonchev–Trinajstić information content (AvgIpc) is 3.34. The lowest BCUT2D eigenvalue weighted by Gasteiger charge is -2.38. The number of imidazole rings is 1. The molecule has 1 aliphatic heterocycles. The Morgan fingerprint density at radius 3 is 2.49 bits per heavy atom. The van der Waals surface area contributed by atoms with Gasteiger partial charge in [0.1, 0.15) is 28.9 Å². The first kappa shape index (κ1) is 24.4. The molecule has 0 atom stereocenters. The number of nitrogens with one attached hydrogen (secondary N) is 1. The van der Waals surface area contributed by atoms with E-state index >= 15 is 0 Å². The van der Waals surface area contributed by atoms with Crippen LogP contribution in [0.3, 0.4) is 0 Å². The van der Waals surface area contributed by atoms with E-state index in [1.54, 1.807) is 18.5 Å². The summed E-state index contributed by atoms with van der Waals surface area (Å²) in [6.07, 6.45) is 5.98. The third-order valence-electron chi connectivity index (χ3n) is 6.90. The molecule has 4 N–H and O–H groups in total. The summed E-state index contributed by atoms with van der Waals surface area (Å²) in [5.74, 6) is 1.62. The summed E-state index contributed by atoms with van der Waals surface area (Å²) in [5.41, 5.74) is 9.47. The Bertz CT molecular complexity index is 1670. The van der Waals surface area contributed by atoms with Gasteiger partial charge in [0.2, 0.25) is 5.82 Å². The maximum Gasteiger partial charge on any atom is 0.234 e. The Balaban J connectivity index is 1.17. The molecule has 0 bridgehead atoms. The lowest BCUT2D eigenvalue weighted by molar-refractivity contribution is 0.000196. The lowest BCUT2D eigenvalue weighted by atomic mass is 9.99. The second-order valence-electron chi connectivity index (χ2n) is 9.53. The normalized spacial score (nSPS) is 15.2. The molecule has 0 amide bonds. The third-order valence-corrected chi connectivity index (χ3v) is 6.90. The minimum absolute atomic E-state index is 0.0694. The first-order valence-corrected chi connectivity index (χ1v) is 12.6. The minimum atomic E-state index is -1.08. The second-order valence-corrected chi connectivity index (χ2v) is 9.53. The minimum Gasteiger partial charge on any atom is -0.383 e. The molecule has 1 aromatic carbocycles. The van der Waals surface area contributed by atoms with Crippen LogP contribution in [-0.2, 0) is 6.54 Å². The molecule has 0 aliphatic carbocycles. The zero-order valence-electron chi connectivity index (χ0n) is 21.1. The van der Waals surface area contributed by atoms with Crippen molar-refractivity contribution in [3.63, 3.8) is 0 Å². The fraction of sp³-hybridized carbons (Fsp3) is 0.214. The molecule has 5 heterocycles. The highest BCUT2D eigenvalue weighted by atomic mass is 16.3. The topological polar surface area (TPSA) is 155 Å². The maximum absolute atomic E-state index is 11.0. The van der Waals surface area contributed by atoms with E-state index < -0.39 is 5.72 Å². The van der Waals surface area contributed by atoms with Crippen LogP contribution in [0.2, 0.25) is 0 Å². The fourth-order valence-electron chi connectivity index (χ4n) is 4.88. The van der Waals surface area contributed by atoms with Crippen molar-refractivity contribution in [1.82, 2.24) is 34.4 Å². The van der Waals surface area contributed by atoms with Gasteiger partial charge < -0.3 is 16.2 Å². The Hall–Kier alpha value is -4.92. The van der Waals surface area contributed by atoms with E-state index in [0.717, 1.165) is 34.5 Å². The predicted molar refractivity (Wildman–Crippen MR) is 146 cm³/mol. The van der Waals surface area contributed by atoms with Gasteiger partial charge in [0.05, 0.1) is 5.56 Å². The smallest absolute Gasteiger partial charge is 0.234 e. The van der Waals surface area contributed by atoms with E-state index in [-0.39, 0.29) is 5.82 Å². The van der Waals surface area contributed by atoms with Crippen LogP contribution in [0.4, 0.5) is 11.6 Å². The van der Waals surface area contributed by atoms with Gasteiger partial charge in [-0.25, -0.2) is 24.9 Å². The number of nitrogen functional groups attached to an aromatic ring is 1. The summed E-state index contributed by atoms with van der Waals surface area (Å²) in [7, 11) is 0. The Morgan fingerprint density at radius 1 is 0.949 bits per heavy atom. The number of anilines is 2. The van der Waals surface area contributed by atoms with Gasteiger partial charge in [-0.05, 0) is 48.0 Å². The number of hydrogen-bond donors (Lipinski definition) is 3. The van der Waals surface area contributed by atoms with Crippen LogP contribution < -0.4 is 11.1 Å². The first-order chi connectivity index (χ1) is 19.0. The fourth-order valence-corrected chi connectivity index (χ4v) is 4.88. The number of pyridine rings is 2. The van der Waals surface area contributed by atoms with Crippen LogP contribution in [0.25, 0.3) is 28.2 Å². The summed E-state index contributed by atoms with van der Waals surface area (Å²) in [4.78, 5) is 23.9. The van der Waals surface area contributed by atoms with Gasteiger partial charge in [-0.1, -0.05) is 12.1 Å². The summed E-state index contributed by atoms with van der Waals surface area (Å²) in [6, 6.07) is 19.4. The number of piperidine rings is 1. The van der Waals surface area contributed by atoms with Gasteiger partial charge in [0.15, 0.2) is 11.5 Å². The summed E-state index contributed by atoms with van der Waals surface area (Å²) < 4.78 is 2.00. The van der Waals surface area contributed by atoms with Crippen molar-refractivity contribution < 1.29 is 5.11 Å². The van der Waals surface area contributed by atoms with Gasteiger partial charge >= 0.3 is 0 Å². The number of rotatable bonds is 6. The molecular formula is C28H26N10O. The predicted octanol–water partition coefficient (Wildman–Crippen LogP) is 3.12. The number of benzene rings is 1. The molecular weight excluding hydrogens is 492 g/mol. The molecule has 0 radical (unpaired) electrons. The number of nitrogens with zero attached hydrogens (tertiary/aromatic N) is 8. The monoisotopic (exact) mass is 518 g/mol. The number of hydrogen-bond acceptors (Lipinski definition) is 10. The highest BCUT2D eigenvalue weighted by molar-refractivity contribution is 5.82. The quantitative estimate of drug-likeness (QED) is 0.286. The third kappa shape index (κ3) is 4.98. The number of nitriles is 1. The Morgan fingerprint density at radius 2 is 1.72 bits per heavy atom. The van der Waals surface area contributed by atoms with Crippen LogP contribution in [0, 0.1) is 11.3 Å². The molecule has 0 saturated carbocycles. The molecule has 194 valence electrons. The van der Waals surface area contributed by atoms with Crippen molar-refractivity contribution >= 4 is 22.8 Å². The van der Waals surface area contributed by atoms with Crippen molar-refractivity contribution in [2.75, 3.05) is 24.1 Å². The van der Waals surface area contributed by atoms with E-state index in [2.05, 4.69) is 54.4 Å². The molecule has 6 rings (SSSR count). The molecule has 11 nitrogen and oxygen atoms in total. The molecule has 11 heteroatoms. The number of likely N-dealkylation sites (tertiary alicyclic amines) is 1. The molecule has 0 unspecified atom stereocenters. The van der Waals surface area contributed by atoms with E-state index in [1.165, 1.54) is 6.20 Å². The molecule has 0 spiro atoms. The lowest BCUT2D eigenvalue weighted by Crippen LogP contribution is -2.49. The van der Waals surface area contributed by atoms with Crippen molar-refractivity contribution in [2.45, 2.75) is 25.1 Å². The van der Waals surface area contributed by atoms with Crippen LogP contribution in [0.5, 0.6) is 0 Å². The second kappa shape index (κ2) is 10.1. The number of fused-ring (bicyclic) bond motifs is 1. The van der Waals surface area contributed by atoms with E-state index in [0.29, 0.717) is 43.4 Å². The standard InChI is InChI=1S/C28H26N10O/c29-17-24-31-14-9-23(35-24)36-28(39)10-15-37(16-11-28)18-19-5-7-20(8-6-19)38-26(21-3-1-12-32-25(21)30)34-22-4-2-13-33-27(22)38/h1-9,12-14,39H,10-11,15-16,18H2,(H2,30,32)(H,31,35,36). The molecule has 5 aromatic rings. The summed E-state index contributed by atoms with van der Waals surface area (Å²) >= 11 is 0. The van der Waals surface area contributed by atoms with Crippen molar-refractivity contribution in [1.29, 1.82) is 5.26 Å². The molecule has 4 aromatic heterocycles. The maximum atomic E-state index is 11.0. The van der Waals surface area contributed by atoms with Crippen LogP contribution in [-0.4, -0.2) is 58.3 Å². The van der Waals surface area contributed by atoms with Crippen LogP contribution in [0.15, 0.2) is 73.2 Å². The number of aliphatic hydroxyl groups is 1. The summed E-state index contributed by atoms with van der Waals surface area (Å²) in [5, 5.41) is 23.1.